The lowest BCUT2D eigenvalue weighted by Gasteiger charge is -2.10. The van der Waals surface area contributed by atoms with Gasteiger partial charge in [0.1, 0.15) is 5.75 Å². The number of nitriles is 1. The summed E-state index contributed by atoms with van der Waals surface area (Å²) in [6.07, 6.45) is 5.90. The van der Waals surface area contributed by atoms with E-state index in [-0.39, 0.29) is 5.91 Å². The fourth-order valence-corrected chi connectivity index (χ4v) is 2.62. The topological polar surface area (TPSA) is 89.0 Å². The molecule has 0 bridgehead atoms. The average molecular weight is 321 g/mol. The molecule has 1 aliphatic carbocycles. The van der Waals surface area contributed by atoms with E-state index >= 15 is 0 Å². The molecule has 1 aliphatic rings. The Morgan fingerprint density at radius 2 is 2.17 bits per heavy atom. The van der Waals surface area contributed by atoms with Gasteiger partial charge in [-0.3, -0.25) is 4.79 Å². The SMILES string of the molecule is N#Cc1ccc(Oc2ccc(CCCC(N)=O)cn2)c(C2CC2)c1. The van der Waals surface area contributed by atoms with Crippen LogP contribution >= 0.6 is 0 Å². The van der Waals surface area contributed by atoms with Crippen LogP contribution in [0.1, 0.15) is 48.3 Å². The van der Waals surface area contributed by atoms with E-state index < -0.39 is 0 Å². The van der Waals surface area contributed by atoms with Crippen molar-refractivity contribution in [3.8, 4) is 17.7 Å². The zero-order valence-electron chi connectivity index (χ0n) is 13.4. The summed E-state index contributed by atoms with van der Waals surface area (Å²) in [4.78, 5) is 15.1. The molecule has 0 saturated heterocycles. The highest BCUT2D eigenvalue weighted by Crippen LogP contribution is 2.45. The van der Waals surface area contributed by atoms with E-state index in [9.17, 15) is 4.79 Å². The molecule has 0 atom stereocenters. The van der Waals surface area contributed by atoms with Gasteiger partial charge in [-0.1, -0.05) is 6.07 Å². The smallest absolute Gasteiger partial charge is 0.219 e. The van der Waals surface area contributed by atoms with Gasteiger partial charge in [0.15, 0.2) is 0 Å². The summed E-state index contributed by atoms with van der Waals surface area (Å²) in [5.74, 6) is 1.50. The van der Waals surface area contributed by atoms with Gasteiger partial charge in [-0.05, 0) is 60.9 Å². The number of hydrogen-bond donors (Lipinski definition) is 1. The van der Waals surface area contributed by atoms with Crippen LogP contribution in [0.2, 0.25) is 0 Å². The molecule has 1 saturated carbocycles. The number of amides is 1. The van der Waals surface area contributed by atoms with E-state index in [0.29, 0.717) is 23.8 Å². The zero-order chi connectivity index (χ0) is 16.9. The molecule has 1 aromatic heterocycles. The molecule has 0 radical (unpaired) electrons. The zero-order valence-corrected chi connectivity index (χ0v) is 13.4. The predicted molar refractivity (Wildman–Crippen MR) is 89.6 cm³/mol. The number of aromatic nitrogens is 1. The molecule has 1 aromatic carbocycles. The first-order chi connectivity index (χ1) is 11.7. The maximum Gasteiger partial charge on any atom is 0.219 e. The number of hydrogen-bond acceptors (Lipinski definition) is 4. The highest BCUT2D eigenvalue weighted by atomic mass is 16.5. The number of pyridine rings is 1. The number of primary amides is 1. The van der Waals surface area contributed by atoms with Crippen molar-refractivity contribution in [1.29, 1.82) is 5.26 Å². The van der Waals surface area contributed by atoms with Crippen molar-refractivity contribution in [2.75, 3.05) is 0 Å². The first-order valence-corrected chi connectivity index (χ1v) is 8.11. The third kappa shape index (κ3) is 4.11. The minimum absolute atomic E-state index is 0.281. The second kappa shape index (κ2) is 7.14. The summed E-state index contributed by atoms with van der Waals surface area (Å²) in [6.45, 7) is 0. The lowest BCUT2D eigenvalue weighted by Crippen LogP contribution is -2.10. The predicted octanol–water partition coefficient (Wildman–Crippen LogP) is 3.43. The lowest BCUT2D eigenvalue weighted by atomic mass is 10.1. The molecule has 5 heteroatoms. The second-order valence-corrected chi connectivity index (χ2v) is 6.07. The summed E-state index contributed by atoms with van der Waals surface area (Å²) in [7, 11) is 0. The third-order valence-corrected chi connectivity index (χ3v) is 4.06. The van der Waals surface area contributed by atoms with Crippen LogP contribution in [0.15, 0.2) is 36.5 Å². The number of ether oxygens (including phenoxy) is 1. The summed E-state index contributed by atoms with van der Waals surface area (Å²) >= 11 is 0. The van der Waals surface area contributed by atoms with E-state index in [0.717, 1.165) is 42.6 Å². The van der Waals surface area contributed by atoms with Gasteiger partial charge in [-0.15, -0.1) is 0 Å². The Morgan fingerprint density at radius 1 is 1.33 bits per heavy atom. The second-order valence-electron chi connectivity index (χ2n) is 6.07. The Bertz CT molecular complexity index is 774. The van der Waals surface area contributed by atoms with Crippen LogP contribution in [0.5, 0.6) is 11.6 Å². The van der Waals surface area contributed by atoms with Crippen molar-refractivity contribution >= 4 is 5.91 Å². The number of nitrogens with zero attached hydrogens (tertiary/aromatic N) is 2. The van der Waals surface area contributed by atoms with Crippen molar-refractivity contribution in [2.24, 2.45) is 5.73 Å². The standard InChI is InChI=1S/C19H19N3O2/c20-11-14-4-8-17(16(10-14)15-6-7-15)24-19-9-5-13(12-22-19)2-1-3-18(21)23/h4-5,8-10,12,15H,1-3,6-7H2,(H2,21,23). The van der Waals surface area contributed by atoms with Crippen molar-refractivity contribution in [1.82, 2.24) is 4.98 Å². The van der Waals surface area contributed by atoms with Gasteiger partial charge in [0, 0.05) is 18.7 Å². The molecular weight excluding hydrogens is 302 g/mol. The lowest BCUT2D eigenvalue weighted by molar-refractivity contribution is -0.118. The maximum atomic E-state index is 10.8. The molecule has 2 N–H and O–H groups in total. The number of nitrogens with two attached hydrogens (primary N) is 1. The van der Waals surface area contributed by atoms with E-state index in [4.69, 9.17) is 15.7 Å². The molecule has 5 nitrogen and oxygen atoms in total. The summed E-state index contributed by atoms with van der Waals surface area (Å²) in [6, 6.07) is 11.5. The molecule has 24 heavy (non-hydrogen) atoms. The number of carbonyl (C=O) groups is 1. The first-order valence-electron chi connectivity index (χ1n) is 8.11. The molecule has 0 unspecified atom stereocenters. The van der Waals surface area contributed by atoms with Gasteiger partial charge >= 0.3 is 0 Å². The Balaban J connectivity index is 1.68. The van der Waals surface area contributed by atoms with Gasteiger partial charge in [0.25, 0.3) is 0 Å². The molecule has 1 amide bonds. The molecule has 3 rings (SSSR count). The van der Waals surface area contributed by atoms with Crippen LogP contribution in [-0.4, -0.2) is 10.9 Å². The van der Waals surface area contributed by atoms with Crippen molar-refractivity contribution < 1.29 is 9.53 Å². The first kappa shape index (κ1) is 16.0. The van der Waals surface area contributed by atoms with Crippen LogP contribution in [0.3, 0.4) is 0 Å². The van der Waals surface area contributed by atoms with Crippen molar-refractivity contribution in [3.05, 3.63) is 53.2 Å². The molecule has 122 valence electrons. The summed E-state index contributed by atoms with van der Waals surface area (Å²) in [5, 5.41) is 9.05. The number of aryl methyl sites for hydroxylation is 1. The van der Waals surface area contributed by atoms with Crippen LogP contribution in [0, 0.1) is 11.3 Å². The van der Waals surface area contributed by atoms with E-state index in [1.165, 1.54) is 0 Å². The average Bonchev–Trinajstić information content (AvgIpc) is 3.41. The van der Waals surface area contributed by atoms with Gasteiger partial charge in [-0.2, -0.15) is 5.26 Å². The highest BCUT2D eigenvalue weighted by molar-refractivity contribution is 5.73. The molecule has 1 heterocycles. The Labute approximate surface area is 141 Å². The highest BCUT2D eigenvalue weighted by Gasteiger charge is 2.27. The fourth-order valence-electron chi connectivity index (χ4n) is 2.62. The quantitative estimate of drug-likeness (QED) is 0.846. The van der Waals surface area contributed by atoms with Gasteiger partial charge in [0.2, 0.25) is 11.8 Å². The molecule has 0 spiro atoms. The number of rotatable bonds is 7. The molecule has 1 fully saturated rings. The monoisotopic (exact) mass is 321 g/mol. The summed E-state index contributed by atoms with van der Waals surface area (Å²) < 4.78 is 5.91. The Hall–Kier alpha value is -2.87. The minimum Gasteiger partial charge on any atom is -0.439 e. The van der Waals surface area contributed by atoms with E-state index in [1.54, 1.807) is 12.3 Å². The molecule has 2 aromatic rings. The Kier molecular flexibility index (Phi) is 4.76. The van der Waals surface area contributed by atoms with Crippen molar-refractivity contribution in [3.63, 3.8) is 0 Å². The van der Waals surface area contributed by atoms with E-state index in [1.807, 2.05) is 24.3 Å². The van der Waals surface area contributed by atoms with Crippen molar-refractivity contribution in [2.45, 2.75) is 38.0 Å². The number of benzene rings is 1. The normalized spacial score (nSPS) is 13.3. The maximum absolute atomic E-state index is 10.8. The van der Waals surface area contributed by atoms with Crippen LogP contribution in [0.25, 0.3) is 0 Å². The fraction of sp³-hybridized carbons (Fsp3) is 0.316. The van der Waals surface area contributed by atoms with Gasteiger partial charge in [-0.25, -0.2) is 4.98 Å². The summed E-state index contributed by atoms with van der Waals surface area (Å²) in [5.41, 5.74) is 7.92. The van der Waals surface area contributed by atoms with E-state index in [2.05, 4.69) is 11.1 Å². The largest absolute Gasteiger partial charge is 0.439 e. The van der Waals surface area contributed by atoms with Gasteiger partial charge in [0.05, 0.1) is 11.6 Å². The Morgan fingerprint density at radius 3 is 2.79 bits per heavy atom. The van der Waals surface area contributed by atoms with Gasteiger partial charge < -0.3 is 10.5 Å². The van der Waals surface area contributed by atoms with Crippen LogP contribution in [0.4, 0.5) is 0 Å². The molecule has 0 aliphatic heterocycles. The van der Waals surface area contributed by atoms with Crippen LogP contribution in [-0.2, 0) is 11.2 Å². The number of carbonyl (C=O) groups excluding carboxylic acids is 1. The third-order valence-electron chi connectivity index (χ3n) is 4.06. The van der Waals surface area contributed by atoms with Crippen LogP contribution < -0.4 is 10.5 Å². The minimum atomic E-state index is -0.281. The molecular formula is C19H19N3O2.